The number of rotatable bonds is 10. The minimum atomic E-state index is -1.06. The summed E-state index contributed by atoms with van der Waals surface area (Å²) in [7, 11) is 0. The second-order valence-corrected chi connectivity index (χ2v) is 7.46. The SMILES string of the molecule is C=CCC(O)(CC=C)CNC(=O)[C@@H]1CCC(=O)N(CCN2CCOCC2)C1. The van der Waals surface area contributed by atoms with Gasteiger partial charge in [0.15, 0.2) is 0 Å². The summed E-state index contributed by atoms with van der Waals surface area (Å²) < 4.78 is 5.34. The summed E-state index contributed by atoms with van der Waals surface area (Å²) in [4.78, 5) is 28.9. The number of carbonyl (C=O) groups is 2. The van der Waals surface area contributed by atoms with Gasteiger partial charge in [0.25, 0.3) is 0 Å². The molecule has 0 saturated carbocycles. The highest BCUT2D eigenvalue weighted by Gasteiger charge is 2.32. The van der Waals surface area contributed by atoms with E-state index in [2.05, 4.69) is 23.4 Å². The fourth-order valence-corrected chi connectivity index (χ4v) is 3.59. The Hall–Kier alpha value is -1.70. The van der Waals surface area contributed by atoms with E-state index in [0.29, 0.717) is 38.8 Å². The Bertz CT molecular complexity index is 521. The van der Waals surface area contributed by atoms with Gasteiger partial charge in [-0.15, -0.1) is 13.2 Å². The minimum Gasteiger partial charge on any atom is -0.387 e. The summed E-state index contributed by atoms with van der Waals surface area (Å²) in [5.74, 6) is -0.225. The number of aliphatic hydroxyl groups is 1. The molecule has 0 radical (unpaired) electrons. The van der Waals surface area contributed by atoms with Crippen molar-refractivity contribution in [2.24, 2.45) is 5.92 Å². The van der Waals surface area contributed by atoms with Gasteiger partial charge in [-0.3, -0.25) is 14.5 Å². The molecule has 0 spiro atoms. The first-order chi connectivity index (χ1) is 13.0. The lowest BCUT2D eigenvalue weighted by Crippen LogP contribution is -2.51. The van der Waals surface area contributed by atoms with Crippen LogP contribution in [0.4, 0.5) is 0 Å². The Balaban J connectivity index is 1.82. The van der Waals surface area contributed by atoms with Crippen molar-refractivity contribution < 1.29 is 19.4 Å². The van der Waals surface area contributed by atoms with Crippen LogP contribution in [0.15, 0.2) is 25.3 Å². The Morgan fingerprint density at radius 2 is 1.93 bits per heavy atom. The molecule has 2 aliphatic heterocycles. The molecule has 2 N–H and O–H groups in total. The number of carbonyl (C=O) groups excluding carboxylic acids is 2. The van der Waals surface area contributed by atoms with Crippen LogP contribution in [0.25, 0.3) is 0 Å². The number of nitrogens with one attached hydrogen (secondary N) is 1. The van der Waals surface area contributed by atoms with Gasteiger partial charge in [0.1, 0.15) is 0 Å². The molecule has 0 aromatic rings. The Morgan fingerprint density at radius 3 is 2.56 bits per heavy atom. The largest absolute Gasteiger partial charge is 0.387 e. The van der Waals surface area contributed by atoms with Gasteiger partial charge in [0.2, 0.25) is 11.8 Å². The summed E-state index contributed by atoms with van der Waals surface area (Å²) in [6, 6.07) is 0. The maximum absolute atomic E-state index is 12.6. The molecule has 0 aliphatic carbocycles. The van der Waals surface area contributed by atoms with Gasteiger partial charge in [-0.1, -0.05) is 12.2 Å². The summed E-state index contributed by atoms with van der Waals surface area (Å²) >= 11 is 0. The van der Waals surface area contributed by atoms with Crippen LogP contribution in [0.1, 0.15) is 25.7 Å². The van der Waals surface area contributed by atoms with Crippen molar-refractivity contribution in [1.82, 2.24) is 15.1 Å². The zero-order chi connectivity index (χ0) is 19.7. The molecule has 2 aliphatic rings. The molecule has 0 bridgehead atoms. The molecule has 0 aromatic carbocycles. The van der Waals surface area contributed by atoms with Gasteiger partial charge >= 0.3 is 0 Å². The third-order valence-corrected chi connectivity index (χ3v) is 5.30. The molecule has 0 aromatic heterocycles. The zero-order valence-corrected chi connectivity index (χ0v) is 16.2. The number of likely N-dealkylation sites (tertiary alicyclic amines) is 1. The van der Waals surface area contributed by atoms with Gasteiger partial charge in [-0.25, -0.2) is 0 Å². The monoisotopic (exact) mass is 379 g/mol. The van der Waals surface area contributed by atoms with Crippen molar-refractivity contribution >= 4 is 11.8 Å². The number of nitrogens with zero attached hydrogens (tertiary/aromatic N) is 2. The Labute approximate surface area is 162 Å². The van der Waals surface area contributed by atoms with Crippen molar-refractivity contribution in [3.8, 4) is 0 Å². The molecule has 2 amide bonds. The predicted molar refractivity (Wildman–Crippen MR) is 104 cm³/mol. The van der Waals surface area contributed by atoms with E-state index in [4.69, 9.17) is 4.74 Å². The first kappa shape index (κ1) is 21.6. The molecular weight excluding hydrogens is 346 g/mol. The number of ether oxygens (including phenoxy) is 1. The van der Waals surface area contributed by atoms with Crippen molar-refractivity contribution in [1.29, 1.82) is 0 Å². The Kier molecular flexibility index (Phi) is 8.47. The molecule has 2 rings (SSSR count). The smallest absolute Gasteiger partial charge is 0.225 e. The molecule has 1 atom stereocenters. The van der Waals surface area contributed by atoms with Crippen LogP contribution in [0.5, 0.6) is 0 Å². The summed E-state index contributed by atoms with van der Waals surface area (Å²) in [5.41, 5.74) is -1.06. The summed E-state index contributed by atoms with van der Waals surface area (Å²) in [5, 5.41) is 13.4. The van der Waals surface area contributed by atoms with Crippen LogP contribution in [0.2, 0.25) is 0 Å². The zero-order valence-electron chi connectivity index (χ0n) is 16.2. The van der Waals surface area contributed by atoms with E-state index in [9.17, 15) is 14.7 Å². The molecule has 2 saturated heterocycles. The molecule has 7 heteroatoms. The molecule has 7 nitrogen and oxygen atoms in total. The lowest BCUT2D eigenvalue weighted by molar-refractivity contribution is -0.139. The summed E-state index contributed by atoms with van der Waals surface area (Å²) in [6.07, 6.45) is 5.00. The predicted octanol–water partition coefficient (Wildman–Crippen LogP) is 0.557. The average molecular weight is 380 g/mol. The lowest BCUT2D eigenvalue weighted by Gasteiger charge is -2.35. The highest BCUT2D eigenvalue weighted by molar-refractivity contribution is 5.83. The topological polar surface area (TPSA) is 82.1 Å². The van der Waals surface area contributed by atoms with Gasteiger partial charge in [-0.05, 0) is 19.3 Å². The number of hydrogen-bond acceptors (Lipinski definition) is 5. The lowest BCUT2D eigenvalue weighted by atomic mass is 9.93. The second kappa shape index (κ2) is 10.6. The van der Waals surface area contributed by atoms with Gasteiger partial charge in [0, 0.05) is 45.7 Å². The van der Waals surface area contributed by atoms with E-state index >= 15 is 0 Å². The molecule has 0 unspecified atom stereocenters. The van der Waals surface area contributed by atoms with Gasteiger partial charge in [0.05, 0.1) is 24.7 Å². The standard InChI is InChI=1S/C20H33N3O4/c1-3-7-20(26,8-4-2)16-21-19(25)17-5-6-18(24)23(15-17)10-9-22-11-13-27-14-12-22/h3-4,17,26H,1-2,5-16H2,(H,21,25)/t17-/m1/s1. The maximum Gasteiger partial charge on any atom is 0.225 e. The highest BCUT2D eigenvalue weighted by Crippen LogP contribution is 2.20. The van der Waals surface area contributed by atoms with Gasteiger partial charge < -0.3 is 20.1 Å². The number of hydrogen-bond donors (Lipinski definition) is 2. The van der Waals surface area contributed by atoms with Crippen molar-refractivity contribution in [3.63, 3.8) is 0 Å². The van der Waals surface area contributed by atoms with Crippen LogP contribution in [0, 0.1) is 5.92 Å². The van der Waals surface area contributed by atoms with Gasteiger partial charge in [-0.2, -0.15) is 0 Å². The Morgan fingerprint density at radius 1 is 1.26 bits per heavy atom. The quantitative estimate of drug-likeness (QED) is 0.542. The molecule has 2 heterocycles. The van der Waals surface area contributed by atoms with Crippen molar-refractivity contribution in [2.75, 3.05) is 52.5 Å². The number of amides is 2. The fourth-order valence-electron chi connectivity index (χ4n) is 3.59. The van der Waals surface area contributed by atoms with Crippen LogP contribution in [-0.2, 0) is 14.3 Å². The summed E-state index contributed by atoms with van der Waals surface area (Å²) in [6.45, 7) is 12.6. The first-order valence-corrected chi connectivity index (χ1v) is 9.77. The van der Waals surface area contributed by atoms with Crippen molar-refractivity contribution in [2.45, 2.75) is 31.3 Å². The normalized spacial score (nSPS) is 21.7. The van der Waals surface area contributed by atoms with E-state index in [1.807, 2.05) is 0 Å². The number of morpholine rings is 1. The third-order valence-electron chi connectivity index (χ3n) is 5.30. The molecule has 2 fully saturated rings. The van der Waals surface area contributed by atoms with Crippen LogP contribution >= 0.6 is 0 Å². The average Bonchev–Trinajstić information content (AvgIpc) is 2.67. The maximum atomic E-state index is 12.6. The fraction of sp³-hybridized carbons (Fsp3) is 0.700. The van der Waals surface area contributed by atoms with E-state index in [0.717, 1.165) is 32.8 Å². The molecule has 152 valence electrons. The highest BCUT2D eigenvalue weighted by atomic mass is 16.5. The number of piperidine rings is 1. The first-order valence-electron chi connectivity index (χ1n) is 9.77. The molecular formula is C20H33N3O4. The van der Waals surface area contributed by atoms with Crippen LogP contribution < -0.4 is 5.32 Å². The van der Waals surface area contributed by atoms with Crippen LogP contribution in [0.3, 0.4) is 0 Å². The third kappa shape index (κ3) is 6.75. The minimum absolute atomic E-state index is 0.106. The van der Waals surface area contributed by atoms with E-state index in [1.54, 1.807) is 17.1 Å². The van der Waals surface area contributed by atoms with E-state index < -0.39 is 5.60 Å². The molecule has 27 heavy (non-hydrogen) atoms. The van der Waals surface area contributed by atoms with E-state index in [1.165, 1.54) is 0 Å². The van der Waals surface area contributed by atoms with Crippen LogP contribution in [-0.4, -0.2) is 84.8 Å². The van der Waals surface area contributed by atoms with Crippen molar-refractivity contribution in [3.05, 3.63) is 25.3 Å². The van der Waals surface area contributed by atoms with E-state index in [-0.39, 0.29) is 24.3 Å². The second-order valence-electron chi connectivity index (χ2n) is 7.46.